The van der Waals surface area contributed by atoms with E-state index in [1.807, 2.05) is 44.6 Å². The maximum atomic E-state index is 10.7. The molecule has 3 rings (SSSR count). The van der Waals surface area contributed by atoms with Crippen LogP contribution in [0.3, 0.4) is 0 Å². The van der Waals surface area contributed by atoms with E-state index in [0.29, 0.717) is 11.4 Å². The third kappa shape index (κ3) is 4.02. The Morgan fingerprint density at radius 1 is 1.36 bits per heavy atom. The zero-order chi connectivity index (χ0) is 16.5. The average molecular weight is 301 g/mol. The van der Waals surface area contributed by atoms with E-state index in [2.05, 4.69) is 15.0 Å². The number of aryl methyl sites for hydroxylation is 1. The highest BCUT2D eigenvalue weighted by molar-refractivity contribution is 5.86. The van der Waals surface area contributed by atoms with Crippen LogP contribution in [0, 0.1) is 0 Å². The normalized spacial score (nSPS) is 9.50. The molecular formula is C16H23N5O. The minimum absolute atomic E-state index is 0.632. The number of carbonyl (C=O) groups excluding carboxylic acids is 1. The topological polar surface area (TPSA) is 89.6 Å². The number of nitrogens with zero attached hydrogens (tertiary/aromatic N) is 3. The number of imidazole rings is 2. The third-order valence-corrected chi connectivity index (χ3v) is 2.68. The SMILES string of the molecule is CC.CCN.Cn1ccnc1-c1nc2ccc(C=O)cc2[nH]1. The minimum atomic E-state index is 0.632. The van der Waals surface area contributed by atoms with E-state index in [1.54, 1.807) is 18.3 Å². The fraction of sp³-hybridized carbons (Fsp3) is 0.312. The summed E-state index contributed by atoms with van der Waals surface area (Å²) in [6.45, 7) is 6.65. The predicted octanol–water partition coefficient (Wildman–Crippen LogP) is 2.77. The van der Waals surface area contributed by atoms with E-state index in [4.69, 9.17) is 5.73 Å². The Kier molecular flexibility index (Phi) is 6.98. The molecule has 0 aliphatic carbocycles. The number of nitrogens with two attached hydrogens (primary N) is 1. The van der Waals surface area contributed by atoms with Crippen molar-refractivity contribution < 1.29 is 4.79 Å². The van der Waals surface area contributed by atoms with Gasteiger partial charge < -0.3 is 15.3 Å². The smallest absolute Gasteiger partial charge is 0.175 e. The number of H-pyrrole nitrogens is 1. The molecule has 0 unspecified atom stereocenters. The molecule has 118 valence electrons. The number of fused-ring (bicyclic) bond motifs is 1. The van der Waals surface area contributed by atoms with Crippen LogP contribution in [0.5, 0.6) is 0 Å². The molecule has 0 aliphatic rings. The summed E-state index contributed by atoms with van der Waals surface area (Å²) in [6, 6.07) is 5.35. The Labute approximate surface area is 130 Å². The first kappa shape index (κ1) is 17.6. The van der Waals surface area contributed by atoms with Crippen molar-refractivity contribution in [2.75, 3.05) is 6.54 Å². The fourth-order valence-corrected chi connectivity index (χ4v) is 1.80. The first-order chi connectivity index (χ1) is 10.7. The molecular weight excluding hydrogens is 278 g/mol. The van der Waals surface area contributed by atoms with Crippen LogP contribution in [-0.4, -0.2) is 32.3 Å². The van der Waals surface area contributed by atoms with Crippen LogP contribution in [0.25, 0.3) is 22.7 Å². The molecule has 0 atom stereocenters. The first-order valence-electron chi connectivity index (χ1n) is 7.32. The lowest BCUT2D eigenvalue weighted by Gasteiger charge is -1.95. The standard InChI is InChI=1S/C12H10N4O.C2H7N.C2H6/c1-16-5-4-13-12(16)11-14-9-3-2-8(7-17)6-10(9)15-11;1-2-3;1-2/h2-7H,1H3,(H,14,15);2-3H2,1H3;1-2H3. The van der Waals surface area contributed by atoms with Crippen molar-refractivity contribution in [1.82, 2.24) is 19.5 Å². The van der Waals surface area contributed by atoms with E-state index in [9.17, 15) is 4.79 Å². The second kappa shape index (κ2) is 8.74. The summed E-state index contributed by atoms with van der Waals surface area (Å²) in [6.07, 6.45) is 4.40. The second-order valence-electron chi connectivity index (χ2n) is 4.25. The van der Waals surface area contributed by atoms with Crippen LogP contribution < -0.4 is 5.73 Å². The zero-order valence-corrected chi connectivity index (χ0v) is 13.5. The van der Waals surface area contributed by atoms with Gasteiger partial charge in [-0.2, -0.15) is 0 Å². The van der Waals surface area contributed by atoms with Crippen LogP contribution in [0.15, 0.2) is 30.6 Å². The van der Waals surface area contributed by atoms with Crippen LogP contribution >= 0.6 is 0 Å². The van der Waals surface area contributed by atoms with Gasteiger partial charge in [-0.05, 0) is 24.7 Å². The van der Waals surface area contributed by atoms with Gasteiger partial charge in [0.05, 0.1) is 11.0 Å². The Morgan fingerprint density at radius 2 is 2.05 bits per heavy atom. The van der Waals surface area contributed by atoms with Crippen molar-refractivity contribution in [1.29, 1.82) is 0 Å². The van der Waals surface area contributed by atoms with Gasteiger partial charge in [-0.3, -0.25) is 4.79 Å². The highest BCUT2D eigenvalue weighted by atomic mass is 16.1. The van der Waals surface area contributed by atoms with Gasteiger partial charge >= 0.3 is 0 Å². The van der Waals surface area contributed by atoms with Gasteiger partial charge in [0.2, 0.25) is 0 Å². The molecule has 3 N–H and O–H groups in total. The Morgan fingerprint density at radius 3 is 2.59 bits per heavy atom. The molecule has 0 saturated carbocycles. The van der Waals surface area contributed by atoms with Crippen molar-refractivity contribution in [3.8, 4) is 11.6 Å². The van der Waals surface area contributed by atoms with Gasteiger partial charge in [0, 0.05) is 25.0 Å². The predicted molar refractivity (Wildman–Crippen MR) is 89.8 cm³/mol. The van der Waals surface area contributed by atoms with E-state index >= 15 is 0 Å². The van der Waals surface area contributed by atoms with Crippen molar-refractivity contribution in [2.45, 2.75) is 20.8 Å². The summed E-state index contributed by atoms with van der Waals surface area (Å²) in [5.41, 5.74) is 7.15. The molecule has 6 nitrogen and oxygen atoms in total. The van der Waals surface area contributed by atoms with E-state index in [0.717, 1.165) is 29.7 Å². The number of aldehydes is 1. The quantitative estimate of drug-likeness (QED) is 0.712. The molecule has 3 aromatic rings. The molecule has 1 aromatic carbocycles. The first-order valence-corrected chi connectivity index (χ1v) is 7.32. The Bertz CT molecular complexity index is 714. The van der Waals surface area contributed by atoms with Gasteiger partial charge in [-0.15, -0.1) is 0 Å². The molecule has 0 aliphatic heterocycles. The van der Waals surface area contributed by atoms with Crippen molar-refractivity contribution in [3.05, 3.63) is 36.2 Å². The van der Waals surface area contributed by atoms with E-state index in [-0.39, 0.29) is 0 Å². The molecule has 2 heterocycles. The Balaban J connectivity index is 0.000000435. The monoisotopic (exact) mass is 301 g/mol. The summed E-state index contributed by atoms with van der Waals surface area (Å²) in [7, 11) is 1.91. The highest BCUT2D eigenvalue weighted by Crippen LogP contribution is 2.19. The summed E-state index contributed by atoms with van der Waals surface area (Å²) >= 11 is 0. The van der Waals surface area contributed by atoms with Gasteiger partial charge in [0.25, 0.3) is 0 Å². The highest BCUT2D eigenvalue weighted by Gasteiger charge is 2.09. The summed E-state index contributed by atoms with van der Waals surface area (Å²) < 4.78 is 1.89. The molecule has 0 radical (unpaired) electrons. The zero-order valence-electron chi connectivity index (χ0n) is 13.5. The van der Waals surface area contributed by atoms with E-state index in [1.165, 1.54) is 0 Å². The van der Waals surface area contributed by atoms with Crippen LogP contribution in [0.2, 0.25) is 0 Å². The number of carbonyl (C=O) groups is 1. The van der Waals surface area contributed by atoms with Crippen molar-refractivity contribution in [2.24, 2.45) is 12.8 Å². The molecule has 0 spiro atoms. The molecule has 0 saturated heterocycles. The number of hydrogen-bond donors (Lipinski definition) is 2. The number of aromatic nitrogens is 4. The number of nitrogens with one attached hydrogen (secondary N) is 1. The molecule has 6 heteroatoms. The van der Waals surface area contributed by atoms with E-state index < -0.39 is 0 Å². The van der Waals surface area contributed by atoms with Gasteiger partial charge in [-0.1, -0.05) is 20.8 Å². The van der Waals surface area contributed by atoms with Crippen LogP contribution in [0.1, 0.15) is 31.1 Å². The van der Waals surface area contributed by atoms with Crippen LogP contribution in [-0.2, 0) is 7.05 Å². The maximum absolute atomic E-state index is 10.7. The molecule has 0 bridgehead atoms. The van der Waals surface area contributed by atoms with Crippen molar-refractivity contribution >= 4 is 17.3 Å². The lowest BCUT2D eigenvalue weighted by molar-refractivity contribution is 0.112. The Hall–Kier alpha value is -2.47. The lowest BCUT2D eigenvalue weighted by Crippen LogP contribution is -1.92. The molecule has 0 amide bonds. The van der Waals surface area contributed by atoms with Crippen LogP contribution in [0.4, 0.5) is 0 Å². The van der Waals surface area contributed by atoms with Gasteiger partial charge in [0.15, 0.2) is 11.6 Å². The second-order valence-corrected chi connectivity index (χ2v) is 4.25. The average Bonchev–Trinajstić information content (AvgIpc) is 3.14. The summed E-state index contributed by atoms with van der Waals surface area (Å²) in [5, 5.41) is 0. The number of hydrogen-bond acceptors (Lipinski definition) is 4. The number of rotatable bonds is 2. The summed E-state index contributed by atoms with van der Waals surface area (Å²) in [4.78, 5) is 22.5. The molecule has 22 heavy (non-hydrogen) atoms. The number of aromatic amines is 1. The minimum Gasteiger partial charge on any atom is -0.335 e. The van der Waals surface area contributed by atoms with Gasteiger partial charge in [-0.25, -0.2) is 9.97 Å². The lowest BCUT2D eigenvalue weighted by atomic mass is 10.2. The van der Waals surface area contributed by atoms with Gasteiger partial charge in [0.1, 0.15) is 6.29 Å². The maximum Gasteiger partial charge on any atom is 0.175 e. The number of benzene rings is 1. The van der Waals surface area contributed by atoms with Crippen molar-refractivity contribution in [3.63, 3.8) is 0 Å². The largest absolute Gasteiger partial charge is 0.335 e. The molecule has 0 fully saturated rings. The summed E-state index contributed by atoms with van der Waals surface area (Å²) in [5.74, 6) is 1.48. The molecule has 2 aromatic heterocycles. The third-order valence-electron chi connectivity index (χ3n) is 2.68. The fourth-order valence-electron chi connectivity index (χ4n) is 1.80.